The van der Waals surface area contributed by atoms with Gasteiger partial charge in [-0.05, 0) is 0 Å². The average Bonchev–Trinajstić information content (AvgIpc) is 2.79. The number of carbonyl (C=O) groups is 1. The molecule has 0 saturated heterocycles. The number of carbonyl (C=O) groups excluding carboxylic acids is 1. The Morgan fingerprint density at radius 3 is 1.86 bits per heavy atom. The van der Waals surface area contributed by atoms with Crippen LogP contribution in [0.4, 0.5) is 0 Å². The molecule has 0 radical (unpaired) electrons. The Hall–Kier alpha value is -0.511. The fourth-order valence-electron chi connectivity index (χ4n) is 5.13. The van der Waals surface area contributed by atoms with Gasteiger partial charge in [0.15, 0.2) is 0 Å². The Morgan fingerprint density at radius 2 is 1.38 bits per heavy atom. The van der Waals surface area contributed by atoms with Crippen LogP contribution in [0.5, 0.6) is 0 Å². The number of hydrogen-bond donors (Lipinski definition) is 0. The zero-order valence-corrected chi connectivity index (χ0v) is 22.3. The summed E-state index contributed by atoms with van der Waals surface area (Å²) in [7, 11) is 0. The number of amides is 1. The topological polar surface area (TPSA) is 20.3 Å². The maximum absolute atomic E-state index is 13.7. The van der Waals surface area contributed by atoms with Crippen LogP contribution in [0.15, 0.2) is 30.3 Å². The van der Waals surface area contributed by atoms with Gasteiger partial charge in [0.25, 0.3) is 0 Å². The van der Waals surface area contributed by atoms with Gasteiger partial charge in [-0.25, -0.2) is 0 Å². The van der Waals surface area contributed by atoms with Gasteiger partial charge in [-0.2, -0.15) is 0 Å². The predicted octanol–water partition coefficient (Wildman–Crippen LogP) is 7.85. The molecule has 1 aromatic carbocycles. The van der Waals surface area contributed by atoms with Gasteiger partial charge in [0.05, 0.1) is 0 Å². The molecule has 1 aliphatic carbocycles. The fourth-order valence-corrected chi connectivity index (χ4v) is 21.3. The van der Waals surface area contributed by atoms with Gasteiger partial charge in [0, 0.05) is 0 Å². The summed E-state index contributed by atoms with van der Waals surface area (Å²) in [5.74, 6) is 0.322. The van der Waals surface area contributed by atoms with E-state index in [9.17, 15) is 4.79 Å². The van der Waals surface area contributed by atoms with Crippen LogP contribution < -0.4 is 0 Å². The van der Waals surface area contributed by atoms with Crippen molar-refractivity contribution in [1.82, 2.24) is 4.90 Å². The van der Waals surface area contributed by atoms with E-state index in [-0.39, 0.29) is 0 Å². The first-order chi connectivity index (χ1) is 14.2. The molecule has 1 amide bonds. The molecular weight excluding hydrogens is 461 g/mol. The number of benzene rings is 1. The van der Waals surface area contributed by atoms with Gasteiger partial charge in [-0.3, -0.25) is 0 Å². The van der Waals surface area contributed by atoms with Crippen LogP contribution in [0.2, 0.25) is 13.3 Å². The van der Waals surface area contributed by atoms with Gasteiger partial charge in [-0.1, -0.05) is 0 Å². The molecule has 0 aliphatic heterocycles. The summed E-state index contributed by atoms with van der Waals surface area (Å²) in [5, 5.41) is 0. The molecule has 164 valence electrons. The van der Waals surface area contributed by atoms with Gasteiger partial charge < -0.3 is 0 Å². The van der Waals surface area contributed by atoms with E-state index < -0.39 is 18.4 Å². The number of unbranched alkanes of at least 4 members (excludes halogenated alkanes) is 3. The molecule has 0 atom stereocenters. The van der Waals surface area contributed by atoms with Gasteiger partial charge in [-0.15, -0.1) is 0 Å². The van der Waals surface area contributed by atoms with Crippen molar-refractivity contribution in [2.45, 2.75) is 111 Å². The van der Waals surface area contributed by atoms with E-state index in [1.807, 2.05) is 30.3 Å². The molecule has 29 heavy (non-hydrogen) atoms. The van der Waals surface area contributed by atoms with Crippen molar-refractivity contribution in [1.29, 1.82) is 0 Å². The molecule has 1 aliphatic rings. The van der Waals surface area contributed by atoms with Gasteiger partial charge in [0.2, 0.25) is 0 Å². The van der Waals surface area contributed by atoms with E-state index in [1.54, 1.807) is 0 Å². The monoisotopic (exact) mass is 507 g/mol. The third-order valence-electron chi connectivity index (χ3n) is 6.98. The summed E-state index contributed by atoms with van der Waals surface area (Å²) >= 11 is -2.41. The molecule has 1 aromatic rings. The van der Waals surface area contributed by atoms with Crippen molar-refractivity contribution in [2.24, 2.45) is 0 Å². The molecule has 0 spiro atoms. The minimum absolute atomic E-state index is 0.322. The molecule has 0 unspecified atom stereocenters. The van der Waals surface area contributed by atoms with Crippen LogP contribution in [0.25, 0.3) is 0 Å². The Balaban J connectivity index is 2.31. The Labute approximate surface area is 184 Å². The third-order valence-corrected chi connectivity index (χ3v) is 22.0. The molecule has 0 N–H and O–H groups in total. The van der Waals surface area contributed by atoms with Crippen molar-refractivity contribution in [3.05, 3.63) is 35.9 Å². The van der Waals surface area contributed by atoms with E-state index in [1.165, 1.54) is 88.5 Å². The van der Waals surface area contributed by atoms with Crippen LogP contribution in [0.3, 0.4) is 0 Å². The van der Waals surface area contributed by atoms with Crippen LogP contribution in [0.1, 0.15) is 102 Å². The molecule has 0 heterocycles. The van der Waals surface area contributed by atoms with Crippen LogP contribution in [-0.4, -0.2) is 39.8 Å². The molecule has 0 aromatic heterocycles. The van der Waals surface area contributed by atoms with Crippen molar-refractivity contribution in [2.75, 3.05) is 4.56 Å². The fraction of sp³-hybridized carbons (Fsp3) is 0.731. The van der Waals surface area contributed by atoms with Crippen molar-refractivity contribution in [3.63, 3.8) is 0 Å². The number of nitrogens with zero attached hydrogens (tertiary/aromatic N) is 1. The van der Waals surface area contributed by atoms with E-state index in [0.29, 0.717) is 11.9 Å². The summed E-state index contributed by atoms with van der Waals surface area (Å²) in [6.07, 6.45) is 14.4. The molecule has 1 saturated carbocycles. The summed E-state index contributed by atoms with van der Waals surface area (Å²) in [6.45, 7) is 7.01. The Bertz CT molecular complexity index is 546. The van der Waals surface area contributed by atoms with Crippen LogP contribution in [0, 0.1) is 0 Å². The van der Waals surface area contributed by atoms with Gasteiger partial charge >= 0.3 is 185 Å². The van der Waals surface area contributed by atoms with Crippen LogP contribution in [-0.2, 0) is 0 Å². The first-order valence-electron chi connectivity index (χ1n) is 12.5. The SMILES string of the molecule is CCC[CH2][Sn]([CH2]CCC)([CH2]CCC)[CH2]N(C(=O)c1ccccc1)C1CCCCC1. The second-order valence-corrected chi connectivity index (χ2v) is 23.1. The average molecular weight is 506 g/mol. The normalized spacial score (nSPS) is 15.4. The first kappa shape index (κ1) is 24.8. The third kappa shape index (κ3) is 7.92. The first-order valence-corrected chi connectivity index (χ1v) is 20.6. The minimum atomic E-state index is -2.41. The molecular formula is C26H45NOSn. The summed E-state index contributed by atoms with van der Waals surface area (Å²) < 4.78 is 5.62. The van der Waals surface area contributed by atoms with Crippen LogP contribution >= 0.6 is 0 Å². The molecule has 0 bridgehead atoms. The van der Waals surface area contributed by atoms with Crippen molar-refractivity contribution < 1.29 is 4.79 Å². The zero-order chi connectivity index (χ0) is 21.0. The molecule has 3 heteroatoms. The van der Waals surface area contributed by atoms with Gasteiger partial charge in [0.1, 0.15) is 0 Å². The summed E-state index contributed by atoms with van der Waals surface area (Å²) in [4.78, 5) is 16.1. The standard InChI is InChI=1S/C14H18NO.3C4H9.Sn/c1-15(13-10-6-3-7-11-13)14(16)12-8-4-2-5-9-12;3*1-3-4-2;/h2,4-5,8-9,13H,1,3,6-7,10-11H2;3*1,3-4H2,2H3;. The number of rotatable bonds is 13. The summed E-state index contributed by atoms with van der Waals surface area (Å²) in [5.41, 5.74) is 0.903. The zero-order valence-electron chi connectivity index (χ0n) is 19.4. The van der Waals surface area contributed by atoms with E-state index >= 15 is 0 Å². The predicted molar refractivity (Wildman–Crippen MR) is 129 cm³/mol. The van der Waals surface area contributed by atoms with Crippen molar-refractivity contribution in [3.8, 4) is 0 Å². The molecule has 2 nitrogen and oxygen atoms in total. The maximum atomic E-state index is 13.7. The molecule has 1 fully saturated rings. The second-order valence-electron chi connectivity index (χ2n) is 9.40. The number of hydrogen-bond acceptors (Lipinski definition) is 1. The Kier molecular flexibility index (Phi) is 11.7. The van der Waals surface area contributed by atoms with E-state index in [2.05, 4.69) is 25.7 Å². The quantitative estimate of drug-likeness (QED) is 0.250. The molecule has 2 rings (SSSR count). The van der Waals surface area contributed by atoms with Crippen molar-refractivity contribution >= 4 is 24.3 Å². The van der Waals surface area contributed by atoms with E-state index in [4.69, 9.17) is 0 Å². The second kappa shape index (κ2) is 13.7. The van der Waals surface area contributed by atoms with E-state index in [0.717, 1.165) is 5.56 Å². The Morgan fingerprint density at radius 1 is 0.862 bits per heavy atom. The summed E-state index contributed by atoms with van der Waals surface area (Å²) in [6, 6.07) is 10.6.